The smallest absolute Gasteiger partial charge is 0.154 e. The summed E-state index contributed by atoms with van der Waals surface area (Å²) in [6.45, 7) is 3.41. The lowest BCUT2D eigenvalue weighted by molar-refractivity contribution is 0.414. The van der Waals surface area contributed by atoms with Gasteiger partial charge in [0.1, 0.15) is 5.75 Å². The van der Waals surface area contributed by atoms with E-state index in [1.165, 1.54) is 6.26 Å². The van der Waals surface area contributed by atoms with E-state index < -0.39 is 14.6 Å². The van der Waals surface area contributed by atoms with Gasteiger partial charge in [0.05, 0.1) is 16.7 Å². The Morgan fingerprint density at radius 1 is 1.33 bits per heavy atom. The van der Waals surface area contributed by atoms with E-state index >= 15 is 0 Å². The summed E-state index contributed by atoms with van der Waals surface area (Å²) < 4.78 is 28.7. The first-order valence-electron chi connectivity index (χ1n) is 5.28. The van der Waals surface area contributed by atoms with Crippen molar-refractivity contribution in [2.75, 3.05) is 13.4 Å². The minimum absolute atomic E-state index is 0.305. The third-order valence-electron chi connectivity index (χ3n) is 3.05. The van der Waals surface area contributed by atoms with Gasteiger partial charge in [0.25, 0.3) is 0 Å². The van der Waals surface area contributed by atoms with Crippen molar-refractivity contribution in [1.29, 1.82) is 0 Å². The molecule has 0 fully saturated rings. The molecule has 0 saturated heterocycles. The lowest BCUT2D eigenvalue weighted by atomic mass is 10.0. The molecule has 6 heteroatoms. The molecule has 3 nitrogen and oxygen atoms in total. The molecule has 1 rings (SSSR count). The number of halogens is 2. The maximum absolute atomic E-state index is 11.8. The molecule has 0 aromatic heterocycles. The number of hydrogen-bond acceptors (Lipinski definition) is 3. The van der Waals surface area contributed by atoms with E-state index in [0.29, 0.717) is 0 Å². The van der Waals surface area contributed by atoms with Crippen LogP contribution in [0.1, 0.15) is 24.2 Å². The molecule has 1 aromatic carbocycles. The average molecular weight is 400 g/mol. The summed E-state index contributed by atoms with van der Waals surface area (Å²) in [7, 11) is -1.59. The quantitative estimate of drug-likeness (QED) is 0.724. The van der Waals surface area contributed by atoms with Crippen LogP contribution in [0.2, 0.25) is 0 Å². The van der Waals surface area contributed by atoms with E-state index in [1.807, 2.05) is 18.2 Å². The highest BCUT2D eigenvalue weighted by atomic mass is 79.9. The Kier molecular flexibility index (Phi) is 4.89. The maximum atomic E-state index is 11.8. The summed E-state index contributed by atoms with van der Waals surface area (Å²) in [4.78, 5) is -0.305. The van der Waals surface area contributed by atoms with Crippen LogP contribution in [0, 0.1) is 0 Å². The van der Waals surface area contributed by atoms with Crippen molar-refractivity contribution in [2.24, 2.45) is 0 Å². The highest BCUT2D eigenvalue weighted by Gasteiger charge is 2.39. The monoisotopic (exact) mass is 398 g/mol. The summed E-state index contributed by atoms with van der Waals surface area (Å²) >= 11 is 6.93. The Labute approximate surface area is 125 Å². The van der Waals surface area contributed by atoms with Crippen molar-refractivity contribution in [1.82, 2.24) is 0 Å². The molecule has 18 heavy (non-hydrogen) atoms. The molecule has 0 spiro atoms. The first-order valence-corrected chi connectivity index (χ1v) is 8.88. The Balaban J connectivity index is 3.24. The highest BCUT2D eigenvalue weighted by molar-refractivity contribution is 9.11. The molecule has 0 saturated carbocycles. The van der Waals surface area contributed by atoms with Crippen molar-refractivity contribution in [3.05, 3.63) is 28.2 Å². The van der Waals surface area contributed by atoms with Crippen molar-refractivity contribution < 1.29 is 13.2 Å². The largest absolute Gasteiger partial charge is 0.497 e. The lowest BCUT2D eigenvalue weighted by Gasteiger charge is -2.29. The molecule has 0 heterocycles. The van der Waals surface area contributed by atoms with E-state index in [1.54, 1.807) is 21.0 Å². The molecule has 0 aliphatic carbocycles. The van der Waals surface area contributed by atoms with E-state index in [9.17, 15) is 8.42 Å². The Hall–Kier alpha value is -0.0700. The van der Waals surface area contributed by atoms with Gasteiger partial charge in [-0.05, 0) is 31.5 Å². The third-order valence-corrected chi connectivity index (χ3v) is 7.82. The lowest BCUT2D eigenvalue weighted by Crippen LogP contribution is -2.35. The highest BCUT2D eigenvalue weighted by Crippen LogP contribution is 2.42. The fraction of sp³-hybridized carbons (Fsp3) is 0.500. The van der Waals surface area contributed by atoms with Crippen LogP contribution in [0.3, 0.4) is 0 Å². The minimum atomic E-state index is -3.18. The van der Waals surface area contributed by atoms with Crippen LogP contribution in [-0.4, -0.2) is 26.5 Å². The van der Waals surface area contributed by atoms with Gasteiger partial charge in [-0.15, -0.1) is 0 Å². The molecule has 1 aromatic rings. The second-order valence-electron chi connectivity index (χ2n) is 4.63. The second kappa shape index (κ2) is 5.51. The number of benzene rings is 1. The van der Waals surface area contributed by atoms with Crippen LogP contribution in [0.25, 0.3) is 0 Å². The summed E-state index contributed by atoms with van der Waals surface area (Å²) in [5, 5.41) is 0. The summed E-state index contributed by atoms with van der Waals surface area (Å²) in [5.41, 5.74) is 0.881. The number of hydrogen-bond donors (Lipinski definition) is 0. The fourth-order valence-electron chi connectivity index (χ4n) is 1.40. The zero-order valence-electron chi connectivity index (χ0n) is 10.7. The van der Waals surface area contributed by atoms with Crippen LogP contribution in [0.5, 0.6) is 5.75 Å². The molecule has 0 aliphatic heterocycles. The van der Waals surface area contributed by atoms with E-state index in [0.717, 1.165) is 15.8 Å². The third kappa shape index (κ3) is 3.08. The number of sulfone groups is 1. The zero-order valence-corrected chi connectivity index (χ0v) is 14.7. The van der Waals surface area contributed by atoms with Gasteiger partial charge >= 0.3 is 0 Å². The Morgan fingerprint density at radius 2 is 1.89 bits per heavy atom. The van der Waals surface area contributed by atoms with E-state index in [-0.39, 0.29) is 4.83 Å². The molecule has 0 N–H and O–H groups in total. The molecular weight excluding hydrogens is 384 g/mol. The standard InChI is InChI=1S/C12H16Br2O3S/c1-12(2,18(4,15)16)11(14)9-6-5-8(17-3)7-10(9)13/h5-7,11H,1-4H3. The zero-order chi connectivity index (χ0) is 14.1. The maximum Gasteiger partial charge on any atom is 0.154 e. The van der Waals surface area contributed by atoms with Crippen LogP contribution in [0.4, 0.5) is 0 Å². The van der Waals surface area contributed by atoms with Crippen LogP contribution >= 0.6 is 31.9 Å². The van der Waals surface area contributed by atoms with Gasteiger partial charge in [0, 0.05) is 10.7 Å². The molecule has 102 valence electrons. The van der Waals surface area contributed by atoms with Gasteiger partial charge in [-0.3, -0.25) is 0 Å². The predicted molar refractivity (Wildman–Crippen MR) is 81.3 cm³/mol. The van der Waals surface area contributed by atoms with Crippen molar-refractivity contribution in [2.45, 2.75) is 23.4 Å². The number of rotatable bonds is 4. The normalized spacial score (nSPS) is 14.3. The molecular formula is C12H16Br2O3S. The minimum Gasteiger partial charge on any atom is -0.497 e. The van der Waals surface area contributed by atoms with E-state index in [4.69, 9.17) is 4.74 Å². The van der Waals surface area contributed by atoms with Gasteiger partial charge in [-0.25, -0.2) is 8.42 Å². The Morgan fingerprint density at radius 3 is 2.28 bits per heavy atom. The molecule has 0 amide bonds. The summed E-state index contributed by atoms with van der Waals surface area (Å²) in [6, 6.07) is 5.49. The van der Waals surface area contributed by atoms with Gasteiger partial charge in [-0.1, -0.05) is 37.9 Å². The van der Waals surface area contributed by atoms with Gasteiger partial charge < -0.3 is 4.74 Å². The predicted octanol–water partition coefficient (Wildman–Crippen LogP) is 3.72. The van der Waals surface area contributed by atoms with Gasteiger partial charge in [0.15, 0.2) is 9.84 Å². The Bertz CT molecular complexity index is 538. The number of ether oxygens (including phenoxy) is 1. The van der Waals surface area contributed by atoms with Gasteiger partial charge in [0.2, 0.25) is 0 Å². The summed E-state index contributed by atoms with van der Waals surface area (Å²) in [5.74, 6) is 0.725. The molecule has 1 unspecified atom stereocenters. The first kappa shape index (κ1) is 16.0. The first-order chi connectivity index (χ1) is 8.11. The second-order valence-corrected chi connectivity index (χ2v) is 8.99. The van der Waals surface area contributed by atoms with Gasteiger partial charge in [-0.2, -0.15) is 0 Å². The van der Waals surface area contributed by atoms with E-state index in [2.05, 4.69) is 31.9 Å². The molecule has 0 bridgehead atoms. The molecule has 1 atom stereocenters. The van der Waals surface area contributed by atoms with Crippen LogP contribution in [0.15, 0.2) is 22.7 Å². The summed E-state index contributed by atoms with van der Waals surface area (Å²) in [6.07, 6.45) is 1.25. The number of alkyl halides is 1. The van der Waals surface area contributed by atoms with Crippen LogP contribution in [-0.2, 0) is 9.84 Å². The average Bonchev–Trinajstić information content (AvgIpc) is 2.26. The SMILES string of the molecule is COc1ccc(C(Br)C(C)(C)S(C)(=O)=O)c(Br)c1. The van der Waals surface area contributed by atoms with Crippen molar-refractivity contribution >= 4 is 41.7 Å². The fourth-order valence-corrected chi connectivity index (χ4v) is 4.22. The molecule has 0 aliphatic rings. The van der Waals surface area contributed by atoms with Crippen LogP contribution < -0.4 is 4.74 Å². The number of methoxy groups -OCH3 is 1. The van der Waals surface area contributed by atoms with Crippen molar-refractivity contribution in [3.8, 4) is 5.75 Å². The molecule has 0 radical (unpaired) electrons. The van der Waals surface area contributed by atoms with Crippen molar-refractivity contribution in [3.63, 3.8) is 0 Å². The topological polar surface area (TPSA) is 43.4 Å².